The first-order valence-corrected chi connectivity index (χ1v) is 5.70. The molecule has 0 spiro atoms. The van der Waals surface area contributed by atoms with Gasteiger partial charge in [-0.15, -0.1) is 0 Å². The SMILES string of the molecule is O=C(/C=C/c1ccco1)NNc1c(F)c(F)c(F)c(F)c1F. The number of carbonyl (C=O) groups is 1. The van der Waals surface area contributed by atoms with Crippen LogP contribution in [0.15, 0.2) is 28.9 Å². The van der Waals surface area contributed by atoms with Crippen LogP contribution in [0.4, 0.5) is 27.6 Å². The zero-order valence-corrected chi connectivity index (χ0v) is 10.6. The number of hydrogen-bond donors (Lipinski definition) is 2. The van der Waals surface area contributed by atoms with Gasteiger partial charge in [-0.2, -0.15) is 0 Å². The summed E-state index contributed by atoms with van der Waals surface area (Å²) in [5.74, 6) is -11.3. The first-order valence-electron chi connectivity index (χ1n) is 5.70. The van der Waals surface area contributed by atoms with E-state index in [2.05, 4.69) is 0 Å². The first kappa shape index (κ1) is 15.5. The van der Waals surface area contributed by atoms with Crippen molar-refractivity contribution in [2.45, 2.75) is 0 Å². The molecule has 0 fully saturated rings. The Labute approximate surface area is 120 Å². The minimum atomic E-state index is -2.29. The van der Waals surface area contributed by atoms with Crippen LogP contribution in [0, 0.1) is 29.1 Å². The Morgan fingerprint density at radius 2 is 1.59 bits per heavy atom. The van der Waals surface area contributed by atoms with Crippen molar-refractivity contribution in [3.05, 3.63) is 59.3 Å². The van der Waals surface area contributed by atoms with Crippen LogP contribution in [0.3, 0.4) is 0 Å². The number of benzene rings is 1. The molecule has 0 unspecified atom stereocenters. The molecule has 1 amide bonds. The van der Waals surface area contributed by atoms with E-state index in [9.17, 15) is 26.7 Å². The van der Waals surface area contributed by atoms with Crippen molar-refractivity contribution in [2.75, 3.05) is 5.43 Å². The van der Waals surface area contributed by atoms with E-state index in [0.29, 0.717) is 5.76 Å². The molecule has 1 aromatic carbocycles. The van der Waals surface area contributed by atoms with Crippen LogP contribution < -0.4 is 10.9 Å². The third-order valence-electron chi connectivity index (χ3n) is 2.46. The van der Waals surface area contributed by atoms with Gasteiger partial charge in [0.1, 0.15) is 11.4 Å². The van der Waals surface area contributed by atoms with Crippen LogP contribution >= 0.6 is 0 Å². The molecule has 0 aliphatic heterocycles. The van der Waals surface area contributed by atoms with Gasteiger partial charge in [-0.05, 0) is 18.2 Å². The number of halogens is 5. The Morgan fingerprint density at radius 3 is 2.14 bits per heavy atom. The molecule has 9 heteroatoms. The summed E-state index contributed by atoms with van der Waals surface area (Å²) in [5.41, 5.74) is 2.04. The standard InChI is InChI=1S/C13H7F5N2O2/c14-8-9(15)11(17)13(12(18)10(8)16)20-19-7(21)4-3-6-2-1-5-22-6/h1-5,20H,(H,19,21)/b4-3+. The fourth-order valence-electron chi connectivity index (χ4n) is 1.42. The Kier molecular flexibility index (Phi) is 4.44. The Balaban J connectivity index is 2.10. The summed E-state index contributed by atoms with van der Waals surface area (Å²) >= 11 is 0. The third-order valence-corrected chi connectivity index (χ3v) is 2.46. The molecule has 116 valence electrons. The monoisotopic (exact) mass is 318 g/mol. The van der Waals surface area contributed by atoms with Gasteiger partial charge in [0.25, 0.3) is 5.91 Å². The lowest BCUT2D eigenvalue weighted by Gasteiger charge is -2.10. The molecule has 0 radical (unpaired) electrons. The highest BCUT2D eigenvalue weighted by Crippen LogP contribution is 2.26. The van der Waals surface area contributed by atoms with Gasteiger partial charge in [0.05, 0.1) is 6.26 Å². The molecule has 4 nitrogen and oxygen atoms in total. The normalized spacial score (nSPS) is 11.0. The van der Waals surface area contributed by atoms with Crippen molar-refractivity contribution >= 4 is 17.7 Å². The second-order valence-corrected chi connectivity index (χ2v) is 3.91. The highest BCUT2D eigenvalue weighted by atomic mass is 19.2. The Bertz CT molecular complexity index is 700. The van der Waals surface area contributed by atoms with E-state index in [1.807, 2.05) is 0 Å². The van der Waals surface area contributed by atoms with Crippen LogP contribution in [0.5, 0.6) is 0 Å². The molecule has 1 heterocycles. The minimum absolute atomic E-state index is 0.325. The smallest absolute Gasteiger partial charge is 0.262 e. The average molecular weight is 318 g/mol. The fraction of sp³-hybridized carbons (Fsp3) is 0. The Hall–Kier alpha value is -2.84. The van der Waals surface area contributed by atoms with Crippen molar-refractivity contribution in [1.82, 2.24) is 5.43 Å². The van der Waals surface area contributed by atoms with Crippen LogP contribution in [0.25, 0.3) is 6.08 Å². The van der Waals surface area contributed by atoms with Gasteiger partial charge in [0.2, 0.25) is 5.82 Å². The third kappa shape index (κ3) is 3.08. The number of hydrazine groups is 1. The fourth-order valence-corrected chi connectivity index (χ4v) is 1.42. The van der Waals surface area contributed by atoms with E-state index in [4.69, 9.17) is 4.42 Å². The van der Waals surface area contributed by atoms with Crippen molar-refractivity contribution in [2.24, 2.45) is 0 Å². The van der Waals surface area contributed by atoms with Gasteiger partial charge in [-0.1, -0.05) is 0 Å². The zero-order valence-electron chi connectivity index (χ0n) is 10.6. The van der Waals surface area contributed by atoms with Gasteiger partial charge in [0.15, 0.2) is 23.3 Å². The lowest BCUT2D eigenvalue weighted by atomic mass is 10.2. The van der Waals surface area contributed by atoms with E-state index < -0.39 is 40.7 Å². The maximum atomic E-state index is 13.3. The van der Waals surface area contributed by atoms with Crippen LogP contribution in [0.2, 0.25) is 0 Å². The number of furan rings is 1. The molecule has 22 heavy (non-hydrogen) atoms. The molecule has 2 N–H and O–H groups in total. The van der Waals surface area contributed by atoms with E-state index in [-0.39, 0.29) is 0 Å². The predicted octanol–water partition coefficient (Wildman–Crippen LogP) is 3.13. The Morgan fingerprint density at radius 1 is 1.00 bits per heavy atom. The number of rotatable bonds is 4. The summed E-state index contributed by atoms with van der Waals surface area (Å²) in [6.45, 7) is 0. The summed E-state index contributed by atoms with van der Waals surface area (Å²) in [6, 6.07) is 3.09. The predicted molar refractivity (Wildman–Crippen MR) is 65.7 cm³/mol. The van der Waals surface area contributed by atoms with E-state index in [1.54, 1.807) is 16.9 Å². The molecule has 0 aliphatic carbocycles. The lowest BCUT2D eigenvalue weighted by molar-refractivity contribution is -0.116. The number of carbonyl (C=O) groups excluding carboxylic acids is 1. The largest absolute Gasteiger partial charge is 0.465 e. The summed E-state index contributed by atoms with van der Waals surface area (Å²) in [4.78, 5) is 11.4. The van der Waals surface area contributed by atoms with Gasteiger partial charge in [-0.3, -0.25) is 15.6 Å². The molecule has 0 aliphatic rings. The topological polar surface area (TPSA) is 54.3 Å². The van der Waals surface area contributed by atoms with Gasteiger partial charge >= 0.3 is 0 Å². The van der Waals surface area contributed by atoms with Crippen molar-refractivity contribution in [3.63, 3.8) is 0 Å². The number of amides is 1. The van der Waals surface area contributed by atoms with Crippen LogP contribution in [-0.2, 0) is 4.79 Å². The zero-order chi connectivity index (χ0) is 16.3. The maximum absolute atomic E-state index is 13.3. The van der Waals surface area contributed by atoms with Gasteiger partial charge < -0.3 is 4.42 Å². The highest BCUT2D eigenvalue weighted by molar-refractivity contribution is 5.92. The van der Waals surface area contributed by atoms with Gasteiger partial charge in [0, 0.05) is 6.08 Å². The van der Waals surface area contributed by atoms with Crippen LogP contribution in [0.1, 0.15) is 5.76 Å². The maximum Gasteiger partial charge on any atom is 0.262 e. The molecule has 0 atom stereocenters. The van der Waals surface area contributed by atoms with E-state index in [0.717, 1.165) is 6.08 Å². The molecule has 2 rings (SSSR count). The van der Waals surface area contributed by atoms with Crippen molar-refractivity contribution < 1.29 is 31.2 Å². The molecule has 0 saturated carbocycles. The first-order chi connectivity index (χ1) is 10.4. The second kappa shape index (κ2) is 6.29. The van der Waals surface area contributed by atoms with Crippen molar-refractivity contribution in [3.8, 4) is 0 Å². The van der Waals surface area contributed by atoms with Crippen molar-refractivity contribution in [1.29, 1.82) is 0 Å². The summed E-state index contributed by atoms with van der Waals surface area (Å²) in [6.07, 6.45) is 3.51. The highest BCUT2D eigenvalue weighted by Gasteiger charge is 2.25. The molecule has 1 aromatic heterocycles. The van der Waals surface area contributed by atoms with Gasteiger partial charge in [-0.25, -0.2) is 22.0 Å². The number of hydrogen-bond acceptors (Lipinski definition) is 3. The van der Waals surface area contributed by atoms with E-state index in [1.165, 1.54) is 18.4 Å². The quantitative estimate of drug-likeness (QED) is 0.299. The molecule has 0 bridgehead atoms. The van der Waals surface area contributed by atoms with Crippen LogP contribution in [-0.4, -0.2) is 5.91 Å². The summed E-state index contributed by atoms with van der Waals surface area (Å²) in [5, 5.41) is 0. The second-order valence-electron chi connectivity index (χ2n) is 3.91. The molecular weight excluding hydrogens is 311 g/mol. The average Bonchev–Trinajstić information content (AvgIpc) is 3.02. The number of nitrogens with one attached hydrogen (secondary N) is 2. The molecule has 0 saturated heterocycles. The molecular formula is C13H7F5N2O2. The number of anilines is 1. The summed E-state index contributed by atoms with van der Waals surface area (Å²) in [7, 11) is 0. The minimum Gasteiger partial charge on any atom is -0.465 e. The van der Waals surface area contributed by atoms with E-state index >= 15 is 0 Å². The molecule has 2 aromatic rings. The lowest BCUT2D eigenvalue weighted by Crippen LogP contribution is -2.29. The summed E-state index contributed by atoms with van der Waals surface area (Å²) < 4.78 is 70.1.